The minimum absolute atomic E-state index is 0.00714. The van der Waals surface area contributed by atoms with Gasteiger partial charge in [-0.1, -0.05) is 13.8 Å². The Balaban J connectivity index is 2.65. The molecule has 0 unspecified atom stereocenters. The zero-order chi connectivity index (χ0) is 12.6. The van der Waals surface area contributed by atoms with Gasteiger partial charge in [0.2, 0.25) is 0 Å². The largest absolute Gasteiger partial charge is 0.477 e. The van der Waals surface area contributed by atoms with Gasteiger partial charge in [-0.2, -0.15) is 0 Å². The number of aromatic amines is 1. The number of carboxylic acid groups (broad SMARTS) is 1. The number of fused-ring (bicyclic) bond motifs is 1. The van der Waals surface area contributed by atoms with Gasteiger partial charge in [0, 0.05) is 18.0 Å². The summed E-state index contributed by atoms with van der Waals surface area (Å²) in [6.07, 6.45) is 1.92. The SMILES string of the molecule is CC(C)Cc1cc(=O)n2[nH]cc(C(=O)O)c2n1. The molecule has 0 radical (unpaired) electrons. The van der Waals surface area contributed by atoms with Crippen molar-refractivity contribution in [3.8, 4) is 0 Å². The van der Waals surface area contributed by atoms with E-state index in [1.165, 1.54) is 12.3 Å². The molecule has 2 N–H and O–H groups in total. The highest BCUT2D eigenvalue weighted by Gasteiger charge is 2.14. The van der Waals surface area contributed by atoms with Gasteiger partial charge in [0.15, 0.2) is 5.65 Å². The van der Waals surface area contributed by atoms with E-state index in [-0.39, 0.29) is 16.8 Å². The molecule has 0 aliphatic rings. The van der Waals surface area contributed by atoms with Crippen molar-refractivity contribution >= 4 is 11.6 Å². The smallest absolute Gasteiger partial charge is 0.341 e. The van der Waals surface area contributed by atoms with Crippen LogP contribution in [0.1, 0.15) is 29.9 Å². The van der Waals surface area contributed by atoms with Crippen molar-refractivity contribution < 1.29 is 9.90 Å². The predicted octanol–water partition coefficient (Wildman–Crippen LogP) is 0.919. The van der Waals surface area contributed by atoms with E-state index < -0.39 is 5.97 Å². The molecule has 6 heteroatoms. The molecule has 0 aliphatic carbocycles. The Hall–Kier alpha value is -2.11. The van der Waals surface area contributed by atoms with Gasteiger partial charge in [0.1, 0.15) is 5.56 Å². The molecule has 0 aliphatic heterocycles. The lowest BCUT2D eigenvalue weighted by Crippen LogP contribution is -2.17. The van der Waals surface area contributed by atoms with Crippen LogP contribution in [0.5, 0.6) is 0 Å². The Labute approximate surface area is 96.9 Å². The van der Waals surface area contributed by atoms with Crippen molar-refractivity contribution in [2.24, 2.45) is 5.92 Å². The second kappa shape index (κ2) is 4.04. The highest BCUT2D eigenvalue weighted by atomic mass is 16.4. The molecule has 2 aromatic rings. The average Bonchev–Trinajstić information content (AvgIpc) is 2.60. The second-order valence-corrected chi connectivity index (χ2v) is 4.33. The van der Waals surface area contributed by atoms with E-state index in [0.717, 1.165) is 4.52 Å². The third-order valence-corrected chi connectivity index (χ3v) is 2.40. The molecule has 0 amide bonds. The summed E-state index contributed by atoms with van der Waals surface area (Å²) in [7, 11) is 0. The number of hydrogen-bond acceptors (Lipinski definition) is 3. The van der Waals surface area contributed by atoms with Crippen LogP contribution in [0, 0.1) is 5.92 Å². The number of carboxylic acids is 1. The van der Waals surface area contributed by atoms with Crippen LogP contribution in [-0.2, 0) is 6.42 Å². The first-order valence-electron chi connectivity index (χ1n) is 5.32. The van der Waals surface area contributed by atoms with Gasteiger partial charge < -0.3 is 5.11 Å². The fourth-order valence-electron chi connectivity index (χ4n) is 1.71. The summed E-state index contributed by atoms with van der Waals surface area (Å²) < 4.78 is 1.13. The first-order chi connectivity index (χ1) is 7.99. The van der Waals surface area contributed by atoms with Crippen molar-refractivity contribution in [2.75, 3.05) is 0 Å². The fraction of sp³-hybridized carbons (Fsp3) is 0.364. The summed E-state index contributed by atoms with van der Waals surface area (Å²) in [4.78, 5) is 26.9. The molecule has 2 heterocycles. The highest BCUT2D eigenvalue weighted by molar-refractivity contribution is 5.94. The standard InChI is InChI=1S/C11H13N3O3/c1-6(2)3-7-4-9(15)14-10(13-7)8(5-12-14)11(16)17/h4-6,12H,3H2,1-2H3,(H,16,17). The highest BCUT2D eigenvalue weighted by Crippen LogP contribution is 2.09. The first-order valence-corrected chi connectivity index (χ1v) is 5.32. The van der Waals surface area contributed by atoms with Crippen LogP contribution in [0.15, 0.2) is 17.1 Å². The number of nitrogens with zero attached hydrogens (tertiary/aromatic N) is 2. The Morgan fingerprint density at radius 3 is 2.88 bits per heavy atom. The summed E-state index contributed by atoms with van der Waals surface area (Å²) in [6.45, 7) is 4.03. The van der Waals surface area contributed by atoms with Gasteiger partial charge in [-0.3, -0.25) is 9.89 Å². The van der Waals surface area contributed by atoms with Gasteiger partial charge in [-0.05, 0) is 12.3 Å². The topological polar surface area (TPSA) is 87.5 Å². The van der Waals surface area contributed by atoms with Gasteiger partial charge in [0.25, 0.3) is 5.56 Å². The molecule has 6 nitrogen and oxygen atoms in total. The quantitative estimate of drug-likeness (QED) is 0.828. The van der Waals surface area contributed by atoms with Gasteiger partial charge in [0.05, 0.1) is 0 Å². The molecule has 0 fully saturated rings. The number of hydrogen-bond donors (Lipinski definition) is 2. The number of aromatic nitrogens is 3. The summed E-state index contributed by atoms with van der Waals surface area (Å²) in [5.74, 6) is -0.742. The van der Waals surface area contributed by atoms with Crippen LogP contribution >= 0.6 is 0 Å². The maximum Gasteiger partial charge on any atom is 0.341 e. The summed E-state index contributed by atoms with van der Waals surface area (Å²) in [5.41, 5.74) is 0.499. The van der Waals surface area contributed by atoms with Crippen LogP contribution in [0.25, 0.3) is 5.65 Å². The molecule has 0 spiro atoms. The normalized spacial score (nSPS) is 11.2. The monoisotopic (exact) mass is 235 g/mol. The van der Waals surface area contributed by atoms with Gasteiger partial charge in [-0.25, -0.2) is 14.3 Å². The molecule has 0 aromatic carbocycles. The molecule has 2 rings (SSSR count). The van der Waals surface area contributed by atoms with Crippen LogP contribution < -0.4 is 5.56 Å². The zero-order valence-electron chi connectivity index (χ0n) is 9.60. The maximum atomic E-state index is 11.7. The third kappa shape index (κ3) is 2.06. The van der Waals surface area contributed by atoms with E-state index >= 15 is 0 Å². The van der Waals surface area contributed by atoms with Crippen LogP contribution in [0.4, 0.5) is 0 Å². The number of nitrogens with one attached hydrogen (secondary N) is 1. The fourth-order valence-corrected chi connectivity index (χ4v) is 1.71. The Bertz CT molecular complexity index is 624. The average molecular weight is 235 g/mol. The molecular weight excluding hydrogens is 222 g/mol. The minimum Gasteiger partial charge on any atom is -0.477 e. The molecule has 17 heavy (non-hydrogen) atoms. The Morgan fingerprint density at radius 2 is 2.29 bits per heavy atom. The van der Waals surface area contributed by atoms with Crippen LogP contribution in [-0.4, -0.2) is 25.7 Å². The van der Waals surface area contributed by atoms with Crippen molar-refractivity contribution in [2.45, 2.75) is 20.3 Å². The zero-order valence-corrected chi connectivity index (χ0v) is 9.60. The maximum absolute atomic E-state index is 11.7. The summed E-state index contributed by atoms with van der Waals surface area (Å²) in [6, 6.07) is 1.43. The predicted molar refractivity (Wildman–Crippen MR) is 61.3 cm³/mol. The Morgan fingerprint density at radius 1 is 1.59 bits per heavy atom. The van der Waals surface area contributed by atoms with Crippen LogP contribution in [0.2, 0.25) is 0 Å². The van der Waals surface area contributed by atoms with Crippen molar-refractivity contribution in [3.63, 3.8) is 0 Å². The van der Waals surface area contributed by atoms with Crippen molar-refractivity contribution in [1.82, 2.24) is 14.6 Å². The van der Waals surface area contributed by atoms with E-state index in [0.29, 0.717) is 18.0 Å². The van der Waals surface area contributed by atoms with Crippen LogP contribution in [0.3, 0.4) is 0 Å². The lowest BCUT2D eigenvalue weighted by Gasteiger charge is -2.03. The molecule has 0 saturated carbocycles. The molecule has 0 bridgehead atoms. The minimum atomic E-state index is -1.10. The third-order valence-electron chi connectivity index (χ3n) is 2.40. The molecule has 0 saturated heterocycles. The number of carbonyl (C=O) groups is 1. The lowest BCUT2D eigenvalue weighted by atomic mass is 10.1. The molecule has 2 aromatic heterocycles. The second-order valence-electron chi connectivity index (χ2n) is 4.33. The van der Waals surface area contributed by atoms with E-state index in [1.54, 1.807) is 0 Å². The van der Waals surface area contributed by atoms with E-state index in [1.807, 2.05) is 13.8 Å². The lowest BCUT2D eigenvalue weighted by molar-refractivity contribution is 0.0699. The number of H-pyrrole nitrogens is 1. The van der Waals surface area contributed by atoms with E-state index in [2.05, 4.69) is 10.1 Å². The molecule has 0 atom stereocenters. The molecular formula is C11H13N3O3. The van der Waals surface area contributed by atoms with Crippen molar-refractivity contribution in [1.29, 1.82) is 0 Å². The van der Waals surface area contributed by atoms with Gasteiger partial charge >= 0.3 is 5.97 Å². The Kier molecular flexibility index (Phi) is 2.71. The van der Waals surface area contributed by atoms with E-state index in [9.17, 15) is 9.59 Å². The van der Waals surface area contributed by atoms with E-state index in [4.69, 9.17) is 5.11 Å². The first kappa shape index (κ1) is 11.4. The summed E-state index contributed by atoms with van der Waals surface area (Å²) in [5, 5.41) is 11.5. The number of aromatic carboxylic acids is 1. The molecule has 90 valence electrons. The number of rotatable bonds is 3. The van der Waals surface area contributed by atoms with Gasteiger partial charge in [-0.15, -0.1) is 0 Å². The van der Waals surface area contributed by atoms with Crippen molar-refractivity contribution in [3.05, 3.63) is 33.9 Å². The summed E-state index contributed by atoms with van der Waals surface area (Å²) >= 11 is 0.